The largest absolute Gasteiger partial charge is 0.338 e. The average Bonchev–Trinajstić information content (AvgIpc) is 2.56. The first-order valence-corrected chi connectivity index (χ1v) is 8.00. The van der Waals surface area contributed by atoms with Gasteiger partial charge >= 0.3 is 0 Å². The zero-order valence-corrected chi connectivity index (χ0v) is 13.7. The molecule has 5 nitrogen and oxygen atoms in total. The van der Waals surface area contributed by atoms with Crippen LogP contribution in [0.25, 0.3) is 0 Å². The lowest BCUT2D eigenvalue weighted by Gasteiger charge is -2.38. The Morgan fingerprint density at radius 1 is 1.13 bits per heavy atom. The highest BCUT2D eigenvalue weighted by atomic mass is 16.2. The lowest BCUT2D eigenvalue weighted by Crippen LogP contribution is -2.62. The summed E-state index contributed by atoms with van der Waals surface area (Å²) in [6.07, 6.45) is 4.01. The number of hydrogen-bond donors (Lipinski definition) is 2. The number of carbonyl (C=O) groups excluding carboxylic acids is 2. The smallest absolute Gasteiger partial charge is 0.252 e. The van der Waals surface area contributed by atoms with Crippen LogP contribution in [-0.2, 0) is 4.79 Å². The Balaban J connectivity index is 2.21. The van der Waals surface area contributed by atoms with Gasteiger partial charge in [-0.2, -0.15) is 5.26 Å². The molecule has 1 aromatic rings. The molecule has 5 heteroatoms. The lowest BCUT2D eigenvalue weighted by atomic mass is 9.80. The molecular weight excluding hydrogens is 290 g/mol. The second-order valence-electron chi connectivity index (χ2n) is 6.65. The molecule has 122 valence electrons. The van der Waals surface area contributed by atoms with Gasteiger partial charge in [-0.25, -0.2) is 0 Å². The molecule has 0 bridgehead atoms. The SMILES string of the molecule is CC(C)(C#N)NC(=O)C1(NC(=O)c2ccccc2)CCCCC1. The van der Waals surface area contributed by atoms with Crippen molar-refractivity contribution in [2.45, 2.75) is 57.0 Å². The van der Waals surface area contributed by atoms with Crippen LogP contribution in [0, 0.1) is 11.3 Å². The molecule has 1 aliphatic rings. The van der Waals surface area contributed by atoms with E-state index in [9.17, 15) is 9.59 Å². The zero-order chi connectivity index (χ0) is 16.9. The van der Waals surface area contributed by atoms with Gasteiger partial charge in [-0.15, -0.1) is 0 Å². The maximum Gasteiger partial charge on any atom is 0.252 e. The first kappa shape index (κ1) is 17.0. The molecule has 0 radical (unpaired) electrons. The Morgan fingerprint density at radius 3 is 2.30 bits per heavy atom. The number of benzene rings is 1. The molecular formula is C18H23N3O2. The number of amides is 2. The number of rotatable bonds is 4. The highest BCUT2D eigenvalue weighted by Crippen LogP contribution is 2.29. The third kappa shape index (κ3) is 4.10. The molecule has 0 atom stereocenters. The van der Waals surface area contributed by atoms with Crippen molar-refractivity contribution in [3.05, 3.63) is 35.9 Å². The molecule has 0 spiro atoms. The third-order valence-corrected chi connectivity index (χ3v) is 4.24. The second kappa shape index (κ2) is 6.82. The molecule has 1 aromatic carbocycles. The van der Waals surface area contributed by atoms with E-state index in [-0.39, 0.29) is 11.8 Å². The summed E-state index contributed by atoms with van der Waals surface area (Å²) >= 11 is 0. The van der Waals surface area contributed by atoms with Crippen LogP contribution in [0.5, 0.6) is 0 Å². The average molecular weight is 313 g/mol. The molecule has 0 saturated heterocycles. The molecule has 2 amide bonds. The predicted octanol–water partition coefficient (Wildman–Crippen LogP) is 2.54. The van der Waals surface area contributed by atoms with E-state index >= 15 is 0 Å². The van der Waals surface area contributed by atoms with Gasteiger partial charge in [0.05, 0.1) is 6.07 Å². The summed E-state index contributed by atoms with van der Waals surface area (Å²) in [4.78, 5) is 25.3. The first-order valence-electron chi connectivity index (χ1n) is 8.00. The molecule has 1 aliphatic carbocycles. The van der Waals surface area contributed by atoms with Crippen molar-refractivity contribution in [2.24, 2.45) is 0 Å². The third-order valence-electron chi connectivity index (χ3n) is 4.24. The number of hydrogen-bond acceptors (Lipinski definition) is 3. The summed E-state index contributed by atoms with van der Waals surface area (Å²) in [5.74, 6) is -0.523. The number of carbonyl (C=O) groups is 2. The van der Waals surface area contributed by atoms with Crippen molar-refractivity contribution >= 4 is 11.8 Å². The van der Waals surface area contributed by atoms with Crippen molar-refractivity contribution in [2.75, 3.05) is 0 Å². The molecule has 2 N–H and O–H groups in total. The summed E-state index contributed by atoms with van der Waals surface area (Å²) in [5, 5.41) is 14.8. The van der Waals surface area contributed by atoms with Crippen LogP contribution in [0.4, 0.5) is 0 Å². The molecule has 0 unspecified atom stereocenters. The van der Waals surface area contributed by atoms with E-state index in [1.807, 2.05) is 6.07 Å². The van der Waals surface area contributed by atoms with E-state index in [1.165, 1.54) is 0 Å². The van der Waals surface area contributed by atoms with Crippen LogP contribution >= 0.6 is 0 Å². The molecule has 0 heterocycles. The summed E-state index contributed by atoms with van der Waals surface area (Å²) < 4.78 is 0. The topological polar surface area (TPSA) is 82.0 Å². The number of nitrogens with one attached hydrogen (secondary N) is 2. The van der Waals surface area contributed by atoms with E-state index in [0.717, 1.165) is 19.3 Å². The fourth-order valence-electron chi connectivity index (χ4n) is 2.87. The minimum atomic E-state index is -0.959. The maximum atomic E-state index is 12.8. The normalized spacial score (nSPS) is 16.9. The van der Waals surface area contributed by atoms with Gasteiger partial charge in [0.15, 0.2) is 0 Å². The van der Waals surface area contributed by atoms with Gasteiger partial charge in [-0.1, -0.05) is 37.5 Å². The van der Waals surface area contributed by atoms with Crippen LogP contribution < -0.4 is 10.6 Å². The molecule has 1 saturated carbocycles. The Morgan fingerprint density at radius 2 is 1.74 bits per heavy atom. The van der Waals surface area contributed by atoms with E-state index in [4.69, 9.17) is 5.26 Å². The van der Waals surface area contributed by atoms with E-state index in [0.29, 0.717) is 18.4 Å². The van der Waals surface area contributed by atoms with Gasteiger partial charge in [0.1, 0.15) is 11.1 Å². The number of nitriles is 1. The minimum absolute atomic E-state index is 0.252. The quantitative estimate of drug-likeness (QED) is 0.896. The Hall–Kier alpha value is -2.35. The van der Waals surface area contributed by atoms with Gasteiger partial charge in [-0.05, 0) is 38.8 Å². The van der Waals surface area contributed by atoms with Crippen molar-refractivity contribution in [1.29, 1.82) is 5.26 Å². The highest BCUT2D eigenvalue weighted by molar-refractivity contribution is 5.99. The molecule has 2 rings (SSSR count). The molecule has 0 aromatic heterocycles. The van der Waals surface area contributed by atoms with Crippen LogP contribution in [0.15, 0.2) is 30.3 Å². The van der Waals surface area contributed by atoms with Crippen LogP contribution in [-0.4, -0.2) is 22.9 Å². The minimum Gasteiger partial charge on any atom is -0.338 e. The van der Waals surface area contributed by atoms with Crippen molar-refractivity contribution in [1.82, 2.24) is 10.6 Å². The fraction of sp³-hybridized carbons (Fsp3) is 0.500. The van der Waals surface area contributed by atoms with Gasteiger partial charge in [0, 0.05) is 5.56 Å². The summed E-state index contributed by atoms with van der Waals surface area (Å²) in [6.45, 7) is 3.31. The first-order chi connectivity index (χ1) is 10.9. The molecule has 0 aliphatic heterocycles. The summed E-state index contributed by atoms with van der Waals surface area (Å²) in [5.41, 5.74) is -1.36. The van der Waals surface area contributed by atoms with Gasteiger partial charge in [0.25, 0.3) is 5.91 Å². The Bertz CT molecular complexity index is 611. The Kier molecular flexibility index (Phi) is 5.05. The predicted molar refractivity (Wildman–Crippen MR) is 87.6 cm³/mol. The van der Waals surface area contributed by atoms with Gasteiger partial charge in [0.2, 0.25) is 5.91 Å². The second-order valence-corrected chi connectivity index (χ2v) is 6.65. The fourth-order valence-corrected chi connectivity index (χ4v) is 2.87. The van der Waals surface area contributed by atoms with Crippen LogP contribution in [0.3, 0.4) is 0 Å². The van der Waals surface area contributed by atoms with Gasteiger partial charge in [-0.3, -0.25) is 9.59 Å². The Labute approximate surface area is 137 Å². The maximum absolute atomic E-state index is 12.8. The van der Waals surface area contributed by atoms with E-state index in [2.05, 4.69) is 16.7 Å². The van der Waals surface area contributed by atoms with Crippen LogP contribution in [0.1, 0.15) is 56.3 Å². The van der Waals surface area contributed by atoms with Gasteiger partial charge < -0.3 is 10.6 Å². The number of nitrogens with zero attached hydrogens (tertiary/aromatic N) is 1. The van der Waals surface area contributed by atoms with Crippen molar-refractivity contribution in [3.8, 4) is 6.07 Å². The standard InChI is InChI=1S/C18H23N3O2/c1-17(2,13-19)21-16(23)18(11-7-4-8-12-18)20-15(22)14-9-5-3-6-10-14/h3,5-6,9-10H,4,7-8,11-12H2,1-2H3,(H,20,22)(H,21,23). The molecule has 1 fully saturated rings. The highest BCUT2D eigenvalue weighted by Gasteiger charge is 2.42. The summed E-state index contributed by atoms with van der Waals surface area (Å²) in [7, 11) is 0. The lowest BCUT2D eigenvalue weighted by molar-refractivity contribution is -0.129. The van der Waals surface area contributed by atoms with Crippen molar-refractivity contribution < 1.29 is 9.59 Å². The summed E-state index contributed by atoms with van der Waals surface area (Å²) in [6, 6.07) is 10.9. The zero-order valence-electron chi connectivity index (χ0n) is 13.7. The van der Waals surface area contributed by atoms with Crippen molar-refractivity contribution in [3.63, 3.8) is 0 Å². The van der Waals surface area contributed by atoms with E-state index in [1.54, 1.807) is 38.1 Å². The molecule has 23 heavy (non-hydrogen) atoms. The van der Waals surface area contributed by atoms with E-state index < -0.39 is 11.1 Å². The monoisotopic (exact) mass is 313 g/mol. The van der Waals surface area contributed by atoms with Crippen LogP contribution in [0.2, 0.25) is 0 Å².